The predicted octanol–water partition coefficient (Wildman–Crippen LogP) is 3.77. The van der Waals surface area contributed by atoms with Gasteiger partial charge >= 0.3 is 0 Å². The summed E-state index contributed by atoms with van der Waals surface area (Å²) in [6.45, 7) is 7.31. The molecule has 0 radical (unpaired) electrons. The van der Waals surface area contributed by atoms with Gasteiger partial charge in [-0.15, -0.1) is 0 Å². The third kappa shape index (κ3) is 3.50. The van der Waals surface area contributed by atoms with Crippen LogP contribution < -0.4 is 5.73 Å². The van der Waals surface area contributed by atoms with E-state index in [-0.39, 0.29) is 0 Å². The second kappa shape index (κ2) is 6.74. The largest absolute Gasteiger partial charge is 0.329 e. The fourth-order valence-electron chi connectivity index (χ4n) is 2.99. The quantitative estimate of drug-likeness (QED) is 0.910. The number of hydrogen-bond donors (Lipinski definition) is 1. The molecule has 2 rings (SSSR count). The minimum Gasteiger partial charge on any atom is -0.329 e. The van der Waals surface area contributed by atoms with Crippen LogP contribution in [-0.4, -0.2) is 24.5 Å². The highest BCUT2D eigenvalue weighted by atomic mass is 35.5. The predicted molar refractivity (Wildman–Crippen MR) is 82.6 cm³/mol. The summed E-state index contributed by atoms with van der Waals surface area (Å²) in [6.07, 6.45) is 3.90. The number of piperidine rings is 1. The number of nitrogens with zero attached hydrogens (tertiary/aromatic N) is 1. The average Bonchev–Trinajstić information content (AvgIpc) is 2.44. The zero-order valence-corrected chi connectivity index (χ0v) is 12.8. The van der Waals surface area contributed by atoms with Crippen molar-refractivity contribution in [3.63, 3.8) is 0 Å². The molecular formula is C16H25ClN2. The van der Waals surface area contributed by atoms with Crippen LogP contribution >= 0.6 is 11.6 Å². The molecule has 1 saturated heterocycles. The number of aryl methyl sites for hydroxylation is 1. The Hall–Kier alpha value is -0.570. The summed E-state index contributed by atoms with van der Waals surface area (Å²) in [4.78, 5) is 2.52. The molecule has 1 unspecified atom stereocenters. The Morgan fingerprint density at radius 1 is 1.37 bits per heavy atom. The van der Waals surface area contributed by atoms with E-state index >= 15 is 0 Å². The van der Waals surface area contributed by atoms with Gasteiger partial charge in [0.05, 0.1) is 0 Å². The van der Waals surface area contributed by atoms with Crippen molar-refractivity contribution in [2.24, 2.45) is 11.7 Å². The molecule has 0 aromatic heterocycles. The fourth-order valence-corrected chi connectivity index (χ4v) is 3.17. The van der Waals surface area contributed by atoms with Gasteiger partial charge in [-0.1, -0.05) is 37.1 Å². The molecule has 19 heavy (non-hydrogen) atoms. The summed E-state index contributed by atoms with van der Waals surface area (Å²) in [6, 6.07) is 6.67. The molecule has 1 aromatic carbocycles. The van der Waals surface area contributed by atoms with Gasteiger partial charge in [-0.2, -0.15) is 0 Å². The van der Waals surface area contributed by atoms with E-state index in [9.17, 15) is 0 Å². The number of hydrogen-bond acceptors (Lipinski definition) is 2. The normalized spacial score (nSPS) is 19.6. The van der Waals surface area contributed by atoms with Gasteiger partial charge in [-0.05, 0) is 56.0 Å². The van der Waals surface area contributed by atoms with Crippen LogP contribution in [-0.2, 0) is 0 Å². The van der Waals surface area contributed by atoms with Crippen molar-refractivity contribution in [1.82, 2.24) is 4.90 Å². The van der Waals surface area contributed by atoms with Crippen molar-refractivity contribution in [3.05, 3.63) is 34.3 Å². The molecule has 1 aliphatic rings. The van der Waals surface area contributed by atoms with Crippen LogP contribution in [0.4, 0.5) is 0 Å². The Bertz CT molecular complexity index is 411. The van der Waals surface area contributed by atoms with Gasteiger partial charge in [-0.3, -0.25) is 4.90 Å². The molecule has 1 atom stereocenters. The zero-order chi connectivity index (χ0) is 13.8. The lowest BCUT2D eigenvalue weighted by molar-refractivity contribution is 0.134. The monoisotopic (exact) mass is 280 g/mol. The second-order valence-electron chi connectivity index (χ2n) is 5.65. The molecule has 2 N–H and O–H groups in total. The summed E-state index contributed by atoms with van der Waals surface area (Å²) in [5.41, 5.74) is 8.39. The second-order valence-corrected chi connectivity index (χ2v) is 6.05. The van der Waals surface area contributed by atoms with Gasteiger partial charge in [0.1, 0.15) is 0 Å². The van der Waals surface area contributed by atoms with Gasteiger partial charge < -0.3 is 5.73 Å². The lowest BCUT2D eigenvalue weighted by Gasteiger charge is -2.37. The third-order valence-electron chi connectivity index (χ3n) is 4.47. The summed E-state index contributed by atoms with van der Waals surface area (Å²) in [7, 11) is 0. The Morgan fingerprint density at radius 3 is 2.58 bits per heavy atom. The maximum atomic E-state index is 6.24. The van der Waals surface area contributed by atoms with E-state index in [1.165, 1.54) is 24.8 Å². The Morgan fingerprint density at radius 2 is 2.05 bits per heavy atom. The summed E-state index contributed by atoms with van der Waals surface area (Å²) < 4.78 is 0. The number of nitrogens with two attached hydrogens (primary N) is 1. The highest BCUT2D eigenvalue weighted by Crippen LogP contribution is 2.29. The van der Waals surface area contributed by atoms with Crippen molar-refractivity contribution in [3.8, 4) is 0 Å². The van der Waals surface area contributed by atoms with Gasteiger partial charge in [-0.25, -0.2) is 0 Å². The maximum absolute atomic E-state index is 6.24. The first-order valence-corrected chi connectivity index (χ1v) is 7.73. The summed E-state index contributed by atoms with van der Waals surface area (Å²) >= 11 is 6.24. The van der Waals surface area contributed by atoms with Crippen molar-refractivity contribution < 1.29 is 0 Å². The Kier molecular flexibility index (Phi) is 5.26. The molecule has 2 nitrogen and oxygen atoms in total. The highest BCUT2D eigenvalue weighted by Gasteiger charge is 2.24. The van der Waals surface area contributed by atoms with E-state index in [2.05, 4.69) is 30.0 Å². The van der Waals surface area contributed by atoms with E-state index in [1.807, 2.05) is 6.92 Å². The smallest absolute Gasteiger partial charge is 0.0470 e. The molecular weight excluding hydrogens is 256 g/mol. The van der Waals surface area contributed by atoms with Crippen molar-refractivity contribution in [2.75, 3.05) is 19.6 Å². The molecule has 106 valence electrons. The molecule has 1 heterocycles. The molecule has 0 saturated carbocycles. The van der Waals surface area contributed by atoms with Crippen LogP contribution in [0.3, 0.4) is 0 Å². The van der Waals surface area contributed by atoms with E-state index in [0.717, 1.165) is 29.6 Å². The van der Waals surface area contributed by atoms with Gasteiger partial charge in [0.2, 0.25) is 0 Å². The summed E-state index contributed by atoms with van der Waals surface area (Å²) in [5.74, 6) is 0.899. The van der Waals surface area contributed by atoms with E-state index in [4.69, 9.17) is 17.3 Å². The Balaban J connectivity index is 2.09. The minimum absolute atomic E-state index is 0.316. The van der Waals surface area contributed by atoms with Crippen molar-refractivity contribution in [1.29, 1.82) is 0 Å². The van der Waals surface area contributed by atoms with E-state index in [1.54, 1.807) is 0 Å². The first-order valence-electron chi connectivity index (χ1n) is 7.35. The van der Waals surface area contributed by atoms with Gasteiger partial charge in [0.25, 0.3) is 0 Å². The minimum atomic E-state index is 0.316. The first kappa shape index (κ1) is 14.8. The molecule has 1 aromatic rings. The standard InChI is InChI=1S/C16H25ClN2/c1-3-13-6-8-19(9-7-13)16(11-18)14-5-4-12(2)15(17)10-14/h4-5,10,13,16H,3,6-9,11,18H2,1-2H3. The number of rotatable bonds is 4. The topological polar surface area (TPSA) is 29.3 Å². The average molecular weight is 281 g/mol. The van der Waals surface area contributed by atoms with E-state index in [0.29, 0.717) is 12.6 Å². The highest BCUT2D eigenvalue weighted by molar-refractivity contribution is 6.31. The number of halogens is 1. The molecule has 0 aliphatic carbocycles. The van der Waals surface area contributed by atoms with Crippen LogP contribution in [0.25, 0.3) is 0 Å². The zero-order valence-electron chi connectivity index (χ0n) is 12.0. The van der Waals surface area contributed by atoms with Crippen LogP contribution in [0.5, 0.6) is 0 Å². The molecule has 1 aliphatic heterocycles. The molecule has 1 fully saturated rings. The van der Waals surface area contributed by atoms with Crippen LogP contribution in [0.15, 0.2) is 18.2 Å². The summed E-state index contributed by atoms with van der Waals surface area (Å²) in [5, 5.41) is 0.847. The first-order chi connectivity index (χ1) is 9.15. The van der Waals surface area contributed by atoms with Crippen molar-refractivity contribution in [2.45, 2.75) is 39.2 Å². The van der Waals surface area contributed by atoms with Crippen LogP contribution in [0.1, 0.15) is 43.4 Å². The maximum Gasteiger partial charge on any atom is 0.0470 e. The molecule has 0 spiro atoms. The van der Waals surface area contributed by atoms with Gasteiger partial charge in [0.15, 0.2) is 0 Å². The lowest BCUT2D eigenvalue weighted by atomic mass is 9.92. The molecule has 3 heteroatoms. The fraction of sp³-hybridized carbons (Fsp3) is 0.625. The number of likely N-dealkylation sites (tertiary alicyclic amines) is 1. The van der Waals surface area contributed by atoms with E-state index < -0.39 is 0 Å². The third-order valence-corrected chi connectivity index (χ3v) is 4.88. The lowest BCUT2D eigenvalue weighted by Crippen LogP contribution is -2.39. The SMILES string of the molecule is CCC1CCN(C(CN)c2ccc(C)c(Cl)c2)CC1. The van der Waals surface area contributed by atoms with Gasteiger partial charge in [0, 0.05) is 17.6 Å². The van der Waals surface area contributed by atoms with Crippen molar-refractivity contribution >= 4 is 11.6 Å². The Labute approximate surface area is 121 Å². The number of benzene rings is 1. The molecule has 0 amide bonds. The van der Waals surface area contributed by atoms with Crippen LogP contribution in [0, 0.1) is 12.8 Å². The molecule has 0 bridgehead atoms. The van der Waals surface area contributed by atoms with Crippen LogP contribution in [0.2, 0.25) is 5.02 Å².